The quantitative estimate of drug-likeness (QED) is 0.459. The van der Waals surface area contributed by atoms with Crippen LogP contribution in [0.2, 0.25) is 0 Å². The number of nitrogens with zero attached hydrogens (tertiary/aromatic N) is 2. The molecule has 46 valence electrons. The Hall–Kier alpha value is -1.03. The Morgan fingerprint density at radius 3 is 3.11 bits per heavy atom. The molecule has 9 heavy (non-hydrogen) atoms. The molecule has 0 N–H and O–H groups in total. The molecular weight excluding hydrogens is 136 g/mol. The number of hydrogen-bond acceptors (Lipinski definition) is 3. The van der Waals surface area contributed by atoms with Crippen LogP contribution in [0.3, 0.4) is 0 Å². The zero-order chi connectivity index (χ0) is 6.53. The second kappa shape index (κ2) is 3.09. The van der Waals surface area contributed by atoms with Crippen LogP contribution < -0.4 is 0 Å². The number of rotatable bonds is 2. The number of hydrogen-bond donors (Lipinski definition) is 0. The summed E-state index contributed by atoms with van der Waals surface area (Å²) in [6.45, 7) is 0. The fraction of sp³-hybridized carbons (Fsp3) is 0. The molecule has 1 aromatic rings. The molecule has 0 aliphatic rings. The SMILES string of the molecule is S=NN=Cc1ccco1. The van der Waals surface area contributed by atoms with Gasteiger partial charge in [0.25, 0.3) is 0 Å². The first-order valence-corrected chi connectivity index (χ1v) is 2.69. The minimum atomic E-state index is 0.656. The summed E-state index contributed by atoms with van der Waals surface area (Å²) in [5.74, 6) is 0.656. The van der Waals surface area contributed by atoms with Crippen LogP contribution in [0.25, 0.3) is 0 Å². The highest BCUT2D eigenvalue weighted by Gasteiger charge is 1.84. The van der Waals surface area contributed by atoms with Crippen LogP contribution in [-0.4, -0.2) is 6.21 Å². The first-order valence-electron chi connectivity index (χ1n) is 2.32. The lowest BCUT2D eigenvalue weighted by Crippen LogP contribution is -1.69. The largest absolute Gasteiger partial charge is 0.463 e. The van der Waals surface area contributed by atoms with E-state index in [9.17, 15) is 0 Å². The monoisotopic (exact) mass is 140 g/mol. The molecule has 3 nitrogen and oxygen atoms in total. The lowest BCUT2D eigenvalue weighted by Gasteiger charge is -1.75. The molecule has 0 amide bonds. The highest BCUT2D eigenvalue weighted by Crippen LogP contribution is 1.94. The van der Waals surface area contributed by atoms with Crippen molar-refractivity contribution in [3.05, 3.63) is 24.2 Å². The third kappa shape index (κ3) is 1.73. The average molecular weight is 140 g/mol. The van der Waals surface area contributed by atoms with E-state index in [4.69, 9.17) is 4.42 Å². The molecule has 0 saturated carbocycles. The normalized spacial score (nSPS) is 10.2. The molecule has 0 unspecified atom stereocenters. The number of furan rings is 1. The average Bonchev–Trinajstić information content (AvgIpc) is 2.34. The van der Waals surface area contributed by atoms with Crippen molar-refractivity contribution in [2.24, 2.45) is 9.57 Å². The molecule has 4 heteroatoms. The Bertz CT molecular complexity index is 205. The second-order valence-electron chi connectivity index (χ2n) is 1.34. The van der Waals surface area contributed by atoms with E-state index in [1.807, 2.05) is 0 Å². The first kappa shape index (κ1) is 6.10. The van der Waals surface area contributed by atoms with E-state index in [1.165, 1.54) is 6.21 Å². The van der Waals surface area contributed by atoms with Crippen LogP contribution in [-0.2, 0) is 12.4 Å². The molecule has 0 bridgehead atoms. The van der Waals surface area contributed by atoms with E-state index < -0.39 is 0 Å². The summed E-state index contributed by atoms with van der Waals surface area (Å²) in [5.41, 5.74) is 0. The maximum Gasteiger partial charge on any atom is 0.146 e. The van der Waals surface area contributed by atoms with Gasteiger partial charge in [0.15, 0.2) is 0 Å². The van der Waals surface area contributed by atoms with Gasteiger partial charge in [0.2, 0.25) is 0 Å². The molecule has 0 saturated heterocycles. The smallest absolute Gasteiger partial charge is 0.146 e. The van der Waals surface area contributed by atoms with Crippen molar-refractivity contribution in [3.63, 3.8) is 0 Å². The van der Waals surface area contributed by atoms with Gasteiger partial charge in [-0.3, -0.25) is 0 Å². The topological polar surface area (TPSA) is 37.9 Å². The van der Waals surface area contributed by atoms with Gasteiger partial charge in [0.05, 0.1) is 24.9 Å². The summed E-state index contributed by atoms with van der Waals surface area (Å²) < 4.78 is 7.98. The maximum atomic E-state index is 4.88. The van der Waals surface area contributed by atoms with Gasteiger partial charge in [0.1, 0.15) is 5.76 Å². The molecule has 0 aliphatic carbocycles. The summed E-state index contributed by atoms with van der Waals surface area (Å²) in [6.07, 6.45) is 3.01. The van der Waals surface area contributed by atoms with E-state index in [0.717, 1.165) is 0 Å². The Morgan fingerprint density at radius 2 is 2.56 bits per heavy atom. The van der Waals surface area contributed by atoms with E-state index in [1.54, 1.807) is 18.4 Å². The standard InChI is InChI=1S/C5H4N2OS/c9-7-6-4-5-2-1-3-8-5/h1-4H. The van der Waals surface area contributed by atoms with Crippen LogP contribution >= 0.6 is 0 Å². The van der Waals surface area contributed by atoms with Crippen molar-refractivity contribution in [1.29, 1.82) is 0 Å². The van der Waals surface area contributed by atoms with Gasteiger partial charge in [-0.05, 0) is 12.1 Å². The highest BCUT2D eigenvalue weighted by atomic mass is 32.1. The lowest BCUT2D eigenvalue weighted by molar-refractivity contribution is 0.560. The van der Waals surface area contributed by atoms with Crippen LogP contribution in [0.15, 0.2) is 32.4 Å². The van der Waals surface area contributed by atoms with Gasteiger partial charge < -0.3 is 4.42 Å². The van der Waals surface area contributed by atoms with Crippen molar-refractivity contribution in [1.82, 2.24) is 0 Å². The summed E-state index contributed by atoms with van der Waals surface area (Å²) in [6, 6.07) is 3.54. The van der Waals surface area contributed by atoms with E-state index in [0.29, 0.717) is 5.76 Å². The molecule has 0 radical (unpaired) electrons. The van der Waals surface area contributed by atoms with Gasteiger partial charge >= 0.3 is 0 Å². The second-order valence-corrected chi connectivity index (χ2v) is 1.50. The van der Waals surface area contributed by atoms with Crippen molar-refractivity contribution >= 4 is 18.6 Å². The Balaban J connectivity index is 2.67. The van der Waals surface area contributed by atoms with E-state index >= 15 is 0 Å². The van der Waals surface area contributed by atoms with Crippen LogP contribution in [0.4, 0.5) is 0 Å². The Kier molecular flexibility index (Phi) is 2.09. The molecular formula is C5H4N2OS. The third-order valence-corrected chi connectivity index (χ3v) is 0.870. The molecule has 0 spiro atoms. The summed E-state index contributed by atoms with van der Waals surface area (Å²) in [5, 5.41) is 3.44. The zero-order valence-corrected chi connectivity index (χ0v) is 5.34. The minimum absolute atomic E-state index is 0.656. The Labute approximate surface area is 57.5 Å². The third-order valence-electron chi connectivity index (χ3n) is 0.775. The molecule has 0 aliphatic heterocycles. The predicted octanol–water partition coefficient (Wildman–Crippen LogP) is 1.34. The van der Waals surface area contributed by atoms with E-state index in [2.05, 4.69) is 22.0 Å². The molecule has 0 fully saturated rings. The first-order chi connectivity index (χ1) is 4.43. The van der Waals surface area contributed by atoms with Gasteiger partial charge in [-0.1, -0.05) is 4.47 Å². The van der Waals surface area contributed by atoms with Crippen molar-refractivity contribution in [3.8, 4) is 0 Å². The van der Waals surface area contributed by atoms with Gasteiger partial charge in [-0.2, -0.15) is 0 Å². The molecule has 0 atom stereocenters. The molecule has 1 aromatic heterocycles. The molecule has 1 heterocycles. The van der Waals surface area contributed by atoms with Crippen molar-refractivity contribution < 1.29 is 4.42 Å². The molecule has 0 aromatic carbocycles. The fourth-order valence-electron chi connectivity index (χ4n) is 0.445. The summed E-state index contributed by atoms with van der Waals surface area (Å²) in [7, 11) is 0. The maximum absolute atomic E-state index is 4.88. The fourth-order valence-corrected chi connectivity index (χ4v) is 0.492. The van der Waals surface area contributed by atoms with Crippen LogP contribution in [0.1, 0.15) is 5.76 Å². The predicted molar refractivity (Wildman–Crippen MR) is 36.1 cm³/mol. The Morgan fingerprint density at radius 1 is 1.67 bits per heavy atom. The highest BCUT2D eigenvalue weighted by molar-refractivity contribution is 7.47. The van der Waals surface area contributed by atoms with Gasteiger partial charge in [-0.25, -0.2) is 0 Å². The van der Waals surface area contributed by atoms with Crippen LogP contribution in [0, 0.1) is 0 Å². The van der Waals surface area contributed by atoms with Gasteiger partial charge in [0, 0.05) is 0 Å². The van der Waals surface area contributed by atoms with Gasteiger partial charge in [-0.15, -0.1) is 5.10 Å². The molecule has 1 rings (SSSR count). The minimum Gasteiger partial charge on any atom is -0.463 e. The van der Waals surface area contributed by atoms with Crippen molar-refractivity contribution in [2.75, 3.05) is 0 Å². The zero-order valence-electron chi connectivity index (χ0n) is 4.52. The lowest BCUT2D eigenvalue weighted by atomic mass is 10.5. The summed E-state index contributed by atoms with van der Waals surface area (Å²) >= 11 is 4.21. The van der Waals surface area contributed by atoms with E-state index in [-0.39, 0.29) is 0 Å². The van der Waals surface area contributed by atoms with Crippen LogP contribution in [0.5, 0.6) is 0 Å². The van der Waals surface area contributed by atoms with Crippen molar-refractivity contribution in [2.45, 2.75) is 0 Å². The summed E-state index contributed by atoms with van der Waals surface area (Å²) in [4.78, 5) is 0.